The first-order valence-electron chi connectivity index (χ1n) is 10.1. The minimum absolute atomic E-state index is 0. The Kier molecular flexibility index (Phi) is 10.7. The van der Waals surface area contributed by atoms with Crippen LogP contribution in [0.3, 0.4) is 0 Å². The topological polar surface area (TPSA) is 81.8 Å². The van der Waals surface area contributed by atoms with Crippen LogP contribution in [0.4, 0.5) is 0 Å². The van der Waals surface area contributed by atoms with E-state index in [1.54, 1.807) is 4.90 Å². The maximum absolute atomic E-state index is 12.5. The molecular formula is C19H35ClN4O3. The van der Waals surface area contributed by atoms with Crippen molar-refractivity contribution in [3.63, 3.8) is 0 Å². The van der Waals surface area contributed by atoms with Crippen LogP contribution in [0, 0.1) is 5.92 Å². The number of hydrogen-bond acceptors (Lipinski definition) is 4. The van der Waals surface area contributed by atoms with Crippen molar-refractivity contribution in [3.8, 4) is 0 Å². The SMILES string of the molecule is CCN(CC)C(=O)CCC(=O)N1CCCC(CNC(=O)C2CCCN2)C1.Cl. The van der Waals surface area contributed by atoms with Crippen molar-refractivity contribution >= 4 is 30.1 Å². The van der Waals surface area contributed by atoms with Gasteiger partial charge in [0.05, 0.1) is 6.04 Å². The molecule has 2 fully saturated rings. The Hall–Kier alpha value is -1.34. The van der Waals surface area contributed by atoms with Crippen LogP contribution in [0.5, 0.6) is 0 Å². The minimum Gasteiger partial charge on any atom is -0.354 e. The molecule has 27 heavy (non-hydrogen) atoms. The van der Waals surface area contributed by atoms with E-state index >= 15 is 0 Å². The van der Waals surface area contributed by atoms with Gasteiger partial charge in [-0.25, -0.2) is 0 Å². The van der Waals surface area contributed by atoms with Crippen molar-refractivity contribution in [2.75, 3.05) is 39.3 Å². The van der Waals surface area contributed by atoms with Crippen LogP contribution >= 0.6 is 12.4 Å². The summed E-state index contributed by atoms with van der Waals surface area (Å²) in [6, 6.07) is -0.0533. The van der Waals surface area contributed by atoms with Crippen molar-refractivity contribution in [1.29, 1.82) is 0 Å². The Labute approximate surface area is 169 Å². The Bertz CT molecular complexity index is 493. The predicted molar refractivity (Wildman–Crippen MR) is 108 cm³/mol. The maximum Gasteiger partial charge on any atom is 0.237 e. The lowest BCUT2D eigenvalue weighted by molar-refractivity contribution is -0.138. The quantitative estimate of drug-likeness (QED) is 0.638. The fraction of sp³-hybridized carbons (Fsp3) is 0.842. The van der Waals surface area contributed by atoms with Crippen LogP contribution < -0.4 is 10.6 Å². The first kappa shape index (κ1) is 23.7. The molecule has 2 heterocycles. The van der Waals surface area contributed by atoms with Gasteiger partial charge in [0.2, 0.25) is 17.7 Å². The number of halogens is 1. The van der Waals surface area contributed by atoms with E-state index in [0.717, 1.165) is 38.8 Å². The minimum atomic E-state index is -0.0533. The van der Waals surface area contributed by atoms with Gasteiger partial charge in [-0.05, 0) is 52.0 Å². The highest BCUT2D eigenvalue weighted by Crippen LogP contribution is 2.17. The van der Waals surface area contributed by atoms with E-state index in [9.17, 15) is 14.4 Å². The van der Waals surface area contributed by atoms with Gasteiger partial charge in [-0.1, -0.05) is 0 Å². The summed E-state index contributed by atoms with van der Waals surface area (Å²) in [7, 11) is 0. The molecule has 2 aliphatic heterocycles. The summed E-state index contributed by atoms with van der Waals surface area (Å²) in [4.78, 5) is 40.2. The molecule has 2 N–H and O–H groups in total. The van der Waals surface area contributed by atoms with Crippen molar-refractivity contribution in [2.45, 2.75) is 58.4 Å². The van der Waals surface area contributed by atoms with Crippen LogP contribution in [0.25, 0.3) is 0 Å². The summed E-state index contributed by atoms with van der Waals surface area (Å²) in [5.74, 6) is 0.486. The lowest BCUT2D eigenvalue weighted by Gasteiger charge is -2.33. The van der Waals surface area contributed by atoms with Gasteiger partial charge in [0.25, 0.3) is 0 Å². The van der Waals surface area contributed by atoms with Gasteiger partial charge >= 0.3 is 0 Å². The second-order valence-electron chi connectivity index (χ2n) is 7.31. The summed E-state index contributed by atoms with van der Waals surface area (Å²) in [6.45, 7) is 8.25. The van der Waals surface area contributed by atoms with Gasteiger partial charge in [-0.2, -0.15) is 0 Å². The molecule has 156 valence electrons. The van der Waals surface area contributed by atoms with Crippen molar-refractivity contribution in [3.05, 3.63) is 0 Å². The molecule has 0 saturated carbocycles. The zero-order valence-corrected chi connectivity index (χ0v) is 17.5. The third-order valence-electron chi connectivity index (χ3n) is 5.48. The Morgan fingerprint density at radius 1 is 1.11 bits per heavy atom. The summed E-state index contributed by atoms with van der Waals surface area (Å²) < 4.78 is 0. The van der Waals surface area contributed by atoms with Crippen LogP contribution in [0.1, 0.15) is 52.4 Å². The summed E-state index contributed by atoms with van der Waals surface area (Å²) in [5, 5.41) is 6.24. The number of hydrogen-bond donors (Lipinski definition) is 2. The molecule has 0 aromatic carbocycles. The van der Waals surface area contributed by atoms with E-state index in [-0.39, 0.29) is 49.0 Å². The van der Waals surface area contributed by atoms with Crippen molar-refractivity contribution in [1.82, 2.24) is 20.4 Å². The Morgan fingerprint density at radius 2 is 1.85 bits per heavy atom. The third-order valence-corrected chi connectivity index (χ3v) is 5.48. The predicted octanol–water partition coefficient (Wildman–Crippen LogP) is 1.16. The third kappa shape index (κ3) is 7.30. The first-order valence-corrected chi connectivity index (χ1v) is 10.1. The summed E-state index contributed by atoms with van der Waals surface area (Å²) in [6.07, 6.45) is 4.50. The number of nitrogens with zero attached hydrogens (tertiary/aromatic N) is 2. The number of carbonyl (C=O) groups excluding carboxylic acids is 3. The molecule has 2 saturated heterocycles. The second-order valence-corrected chi connectivity index (χ2v) is 7.31. The highest BCUT2D eigenvalue weighted by Gasteiger charge is 2.26. The highest BCUT2D eigenvalue weighted by molar-refractivity contribution is 5.85. The van der Waals surface area contributed by atoms with Gasteiger partial charge < -0.3 is 20.4 Å². The number of rotatable bonds is 8. The zero-order valence-electron chi connectivity index (χ0n) is 16.7. The molecule has 2 rings (SSSR count). The van der Waals surface area contributed by atoms with Crippen molar-refractivity contribution < 1.29 is 14.4 Å². The van der Waals surface area contributed by atoms with E-state index in [4.69, 9.17) is 0 Å². The molecule has 0 aromatic rings. The van der Waals surface area contributed by atoms with Crippen LogP contribution in [-0.4, -0.2) is 72.8 Å². The highest BCUT2D eigenvalue weighted by atomic mass is 35.5. The average Bonchev–Trinajstić information content (AvgIpc) is 3.20. The second kappa shape index (κ2) is 12.2. The lowest BCUT2D eigenvalue weighted by atomic mass is 9.97. The molecule has 0 aromatic heterocycles. The zero-order chi connectivity index (χ0) is 18.9. The van der Waals surface area contributed by atoms with Gasteiger partial charge in [0.15, 0.2) is 0 Å². The maximum atomic E-state index is 12.5. The Balaban J connectivity index is 0.00000364. The molecule has 2 unspecified atom stereocenters. The molecule has 7 nitrogen and oxygen atoms in total. The van der Waals surface area contributed by atoms with E-state index in [1.807, 2.05) is 18.7 Å². The molecular weight excluding hydrogens is 368 g/mol. The molecule has 0 radical (unpaired) electrons. The van der Waals surface area contributed by atoms with Crippen LogP contribution in [-0.2, 0) is 14.4 Å². The average molecular weight is 403 g/mol. The summed E-state index contributed by atoms with van der Waals surface area (Å²) >= 11 is 0. The molecule has 0 aliphatic carbocycles. The molecule has 2 aliphatic rings. The fourth-order valence-corrected chi connectivity index (χ4v) is 3.84. The lowest BCUT2D eigenvalue weighted by Crippen LogP contribution is -2.46. The van der Waals surface area contributed by atoms with Gasteiger partial charge in [-0.15, -0.1) is 12.4 Å². The van der Waals surface area contributed by atoms with Gasteiger partial charge in [-0.3, -0.25) is 14.4 Å². The molecule has 0 bridgehead atoms. The molecule has 0 spiro atoms. The molecule has 3 amide bonds. The van der Waals surface area contributed by atoms with Gasteiger partial charge in [0.1, 0.15) is 0 Å². The smallest absolute Gasteiger partial charge is 0.237 e. The van der Waals surface area contributed by atoms with Crippen LogP contribution in [0.15, 0.2) is 0 Å². The number of carbonyl (C=O) groups is 3. The standard InChI is InChI=1S/C19H34N4O3.ClH/c1-3-22(4-2)17(24)9-10-18(25)23-12-6-7-15(14-23)13-21-19(26)16-8-5-11-20-16;/h15-16,20H,3-14H2,1-2H3,(H,21,26);1H. The van der Waals surface area contributed by atoms with Crippen LogP contribution in [0.2, 0.25) is 0 Å². The summed E-state index contributed by atoms with van der Waals surface area (Å²) in [5.41, 5.74) is 0. The molecule has 2 atom stereocenters. The Morgan fingerprint density at radius 3 is 2.48 bits per heavy atom. The number of nitrogens with one attached hydrogen (secondary N) is 2. The first-order chi connectivity index (χ1) is 12.5. The van der Waals surface area contributed by atoms with E-state index in [0.29, 0.717) is 32.1 Å². The number of piperidine rings is 1. The monoisotopic (exact) mass is 402 g/mol. The molecule has 8 heteroatoms. The number of likely N-dealkylation sites (tertiary alicyclic amines) is 1. The van der Waals surface area contributed by atoms with Crippen molar-refractivity contribution in [2.24, 2.45) is 5.92 Å². The van der Waals surface area contributed by atoms with E-state index in [2.05, 4.69) is 10.6 Å². The van der Waals surface area contributed by atoms with Gasteiger partial charge in [0, 0.05) is 45.6 Å². The number of amides is 3. The largest absolute Gasteiger partial charge is 0.354 e. The van der Waals surface area contributed by atoms with E-state index in [1.165, 1.54) is 0 Å². The normalized spacial score (nSPS) is 22.1. The fourth-order valence-electron chi connectivity index (χ4n) is 3.84. The van der Waals surface area contributed by atoms with E-state index < -0.39 is 0 Å².